The molecule has 2 rings (SSSR count). The molecule has 0 aliphatic heterocycles. The van der Waals surface area contributed by atoms with Crippen molar-refractivity contribution in [1.82, 2.24) is 10.9 Å². The summed E-state index contributed by atoms with van der Waals surface area (Å²) in [6.07, 6.45) is 0.108. The minimum atomic E-state index is -0.884. The van der Waals surface area contributed by atoms with Crippen LogP contribution in [0, 0.1) is 32.8 Å². The third-order valence-corrected chi connectivity index (χ3v) is 4.44. The van der Waals surface area contributed by atoms with Gasteiger partial charge in [0.15, 0.2) is 0 Å². The van der Waals surface area contributed by atoms with Crippen molar-refractivity contribution in [2.75, 3.05) is 5.32 Å². The van der Waals surface area contributed by atoms with Crippen molar-refractivity contribution in [2.24, 2.45) is 10.9 Å². The largest absolute Gasteiger partial charge is 0.349 e. The average molecular weight is 448 g/mol. The summed E-state index contributed by atoms with van der Waals surface area (Å²) in [5.74, 6) is 3.68. The van der Waals surface area contributed by atoms with E-state index in [1.807, 2.05) is 11.5 Å². The van der Waals surface area contributed by atoms with E-state index >= 15 is 0 Å². The number of rotatable bonds is 9. The van der Waals surface area contributed by atoms with Gasteiger partial charge in [-0.05, 0) is 23.6 Å². The predicted octanol–water partition coefficient (Wildman–Crippen LogP) is 2.22. The minimum absolute atomic E-state index is 0.00376. The lowest BCUT2D eigenvalue weighted by molar-refractivity contribution is -0.384. The molecule has 0 aromatic heterocycles. The maximum Gasteiger partial charge on any atom is 0.349 e. The molecule has 0 heterocycles. The lowest BCUT2D eigenvalue weighted by Gasteiger charge is -2.14. The highest BCUT2D eigenvalue weighted by atomic mass is 16.6. The number of anilines is 1. The summed E-state index contributed by atoms with van der Waals surface area (Å²) >= 11 is 0. The van der Waals surface area contributed by atoms with E-state index in [9.17, 15) is 25.0 Å². The van der Waals surface area contributed by atoms with Gasteiger partial charge in [-0.15, -0.1) is 0 Å². The van der Waals surface area contributed by atoms with Crippen LogP contribution in [0.3, 0.4) is 0 Å². The summed E-state index contributed by atoms with van der Waals surface area (Å²) in [4.78, 5) is 34.1. The zero-order valence-corrected chi connectivity index (χ0v) is 17.3. The van der Waals surface area contributed by atoms with Gasteiger partial charge in [0, 0.05) is 24.2 Å². The van der Waals surface area contributed by atoms with E-state index in [1.54, 1.807) is 24.3 Å². The molecule has 0 saturated carbocycles. The van der Waals surface area contributed by atoms with E-state index in [0.717, 1.165) is 5.56 Å². The van der Waals surface area contributed by atoms with E-state index < -0.39 is 22.8 Å². The van der Waals surface area contributed by atoms with Gasteiger partial charge >= 0.3 is 6.03 Å². The Kier molecular flexibility index (Phi) is 9.00. The molecule has 1 atom stereocenters. The Morgan fingerprint density at radius 2 is 1.88 bits per heavy atom. The van der Waals surface area contributed by atoms with Crippen molar-refractivity contribution in [3.8, 4) is 12.1 Å². The van der Waals surface area contributed by atoms with Crippen LogP contribution in [-0.4, -0.2) is 22.6 Å². The van der Waals surface area contributed by atoms with Crippen LogP contribution in [0.25, 0.3) is 0 Å². The quantitative estimate of drug-likeness (QED) is 0.148. The van der Waals surface area contributed by atoms with Crippen LogP contribution in [0.4, 0.5) is 16.2 Å². The van der Waals surface area contributed by atoms with Crippen molar-refractivity contribution in [3.05, 3.63) is 69.8 Å². The van der Waals surface area contributed by atoms with Gasteiger partial charge in [0.1, 0.15) is 5.92 Å². The number of carbonyl (C=O) groups is 2. The highest BCUT2D eigenvalue weighted by Crippen LogP contribution is 2.21. The number of nitrogens with zero attached hydrogens (tertiary/aromatic N) is 4. The summed E-state index contributed by atoms with van der Waals surface area (Å²) in [5, 5.41) is 35.9. The SMILES string of the molecule is N#CCc1ccc([C@@H](C#N)/C(CCC(=O)Nc2cccc([N+](=O)[O-])c2)=N/NC(=O)NN)cc1. The Balaban J connectivity index is 2.17. The van der Waals surface area contributed by atoms with Crippen LogP contribution in [-0.2, 0) is 11.2 Å². The number of nitrogens with one attached hydrogen (secondary N) is 3. The third-order valence-electron chi connectivity index (χ3n) is 4.44. The molecule has 5 N–H and O–H groups in total. The van der Waals surface area contributed by atoms with Gasteiger partial charge in [0.2, 0.25) is 5.91 Å². The highest BCUT2D eigenvalue weighted by Gasteiger charge is 2.20. The van der Waals surface area contributed by atoms with Gasteiger partial charge in [-0.1, -0.05) is 30.3 Å². The summed E-state index contributed by atoms with van der Waals surface area (Å²) in [5.41, 5.74) is 5.61. The van der Waals surface area contributed by atoms with Crippen LogP contribution in [0.1, 0.15) is 29.9 Å². The van der Waals surface area contributed by atoms with Crippen LogP contribution in [0.5, 0.6) is 0 Å². The van der Waals surface area contributed by atoms with Gasteiger partial charge in [-0.25, -0.2) is 16.1 Å². The number of non-ortho nitro benzene ring substituents is 1. The first-order chi connectivity index (χ1) is 15.9. The number of urea groups is 1. The Bertz CT molecular complexity index is 1130. The fourth-order valence-electron chi connectivity index (χ4n) is 2.84. The fourth-order valence-corrected chi connectivity index (χ4v) is 2.84. The number of hydrogen-bond acceptors (Lipinski definition) is 8. The maximum atomic E-state index is 12.4. The van der Waals surface area contributed by atoms with Gasteiger partial charge < -0.3 is 5.32 Å². The lowest BCUT2D eigenvalue weighted by atomic mass is 9.92. The highest BCUT2D eigenvalue weighted by molar-refractivity contribution is 5.98. The van der Waals surface area contributed by atoms with Crippen LogP contribution in [0.15, 0.2) is 53.6 Å². The molecular formula is C21H20N8O4. The molecule has 0 radical (unpaired) electrons. The molecule has 0 unspecified atom stereocenters. The smallest absolute Gasteiger partial charge is 0.326 e. The second-order valence-electron chi connectivity index (χ2n) is 6.68. The Labute approximate surface area is 188 Å². The number of hydrazone groups is 1. The third kappa shape index (κ3) is 7.43. The minimum Gasteiger partial charge on any atom is -0.326 e. The number of hydrazine groups is 1. The zero-order valence-electron chi connectivity index (χ0n) is 17.3. The fraction of sp³-hybridized carbons (Fsp3) is 0.190. The predicted molar refractivity (Wildman–Crippen MR) is 118 cm³/mol. The number of amides is 3. The average Bonchev–Trinajstić information content (AvgIpc) is 2.81. The maximum absolute atomic E-state index is 12.4. The molecule has 0 fully saturated rings. The Morgan fingerprint density at radius 3 is 2.48 bits per heavy atom. The number of carbonyl (C=O) groups excluding carboxylic acids is 2. The van der Waals surface area contributed by atoms with Crippen molar-refractivity contribution >= 4 is 29.0 Å². The molecule has 12 nitrogen and oxygen atoms in total. The Hall–Kier alpha value is -4.81. The topological polar surface area (TPSA) is 199 Å². The number of nitriles is 2. The van der Waals surface area contributed by atoms with E-state index in [1.165, 1.54) is 24.3 Å². The molecule has 0 saturated heterocycles. The lowest BCUT2D eigenvalue weighted by Crippen LogP contribution is -2.38. The first kappa shape index (κ1) is 24.5. The molecule has 12 heteroatoms. The molecule has 0 spiro atoms. The molecule has 168 valence electrons. The Morgan fingerprint density at radius 1 is 1.15 bits per heavy atom. The second-order valence-corrected chi connectivity index (χ2v) is 6.68. The molecular weight excluding hydrogens is 428 g/mol. The van der Waals surface area contributed by atoms with Gasteiger partial charge in [0.05, 0.1) is 29.2 Å². The van der Waals surface area contributed by atoms with E-state index in [-0.39, 0.29) is 36.3 Å². The molecule has 3 amide bonds. The van der Waals surface area contributed by atoms with Crippen molar-refractivity contribution < 1.29 is 14.5 Å². The van der Waals surface area contributed by atoms with E-state index in [0.29, 0.717) is 5.56 Å². The number of nitro benzene ring substituents is 1. The normalized spacial score (nSPS) is 11.4. The van der Waals surface area contributed by atoms with E-state index in [2.05, 4.69) is 21.9 Å². The summed E-state index contributed by atoms with van der Waals surface area (Å²) in [7, 11) is 0. The monoisotopic (exact) mass is 448 g/mol. The van der Waals surface area contributed by atoms with Gasteiger partial charge in [-0.3, -0.25) is 20.3 Å². The first-order valence-corrected chi connectivity index (χ1v) is 9.60. The summed E-state index contributed by atoms with van der Waals surface area (Å²) in [6.45, 7) is 0. The van der Waals surface area contributed by atoms with Crippen LogP contribution >= 0.6 is 0 Å². The standard InChI is InChI=1S/C21H20N8O4/c22-11-10-14-4-6-15(7-5-14)18(13-23)19(27-28-21(31)26-24)8-9-20(30)25-16-2-1-3-17(12-16)29(32)33/h1-7,12,18H,8-10,24H2,(H,25,30)(H2,26,28,31)/b27-19+/t18-/m1/s1. The number of benzene rings is 2. The van der Waals surface area contributed by atoms with Gasteiger partial charge in [0.25, 0.3) is 5.69 Å². The van der Waals surface area contributed by atoms with Crippen molar-refractivity contribution in [3.63, 3.8) is 0 Å². The van der Waals surface area contributed by atoms with Gasteiger partial charge in [-0.2, -0.15) is 15.6 Å². The molecule has 0 aliphatic carbocycles. The number of nitro groups is 1. The zero-order chi connectivity index (χ0) is 24.2. The van der Waals surface area contributed by atoms with Crippen LogP contribution < -0.4 is 22.0 Å². The molecule has 2 aromatic carbocycles. The van der Waals surface area contributed by atoms with Crippen molar-refractivity contribution in [2.45, 2.75) is 25.2 Å². The van der Waals surface area contributed by atoms with Crippen LogP contribution in [0.2, 0.25) is 0 Å². The molecule has 0 aliphatic rings. The van der Waals surface area contributed by atoms with E-state index in [4.69, 9.17) is 11.1 Å². The second kappa shape index (κ2) is 12.1. The number of nitrogens with two attached hydrogens (primary N) is 1. The molecule has 2 aromatic rings. The van der Waals surface area contributed by atoms with Crippen molar-refractivity contribution in [1.29, 1.82) is 10.5 Å². The number of hydrogen-bond donors (Lipinski definition) is 4. The summed E-state index contributed by atoms with van der Waals surface area (Å²) in [6, 6.07) is 15.5. The summed E-state index contributed by atoms with van der Waals surface area (Å²) < 4.78 is 0. The molecule has 0 bridgehead atoms. The molecule has 33 heavy (non-hydrogen) atoms. The first-order valence-electron chi connectivity index (χ1n) is 9.60.